The second-order valence-corrected chi connectivity index (χ2v) is 5.75. The molecule has 0 spiro atoms. The summed E-state index contributed by atoms with van der Waals surface area (Å²) < 4.78 is 0. The molecule has 1 rings (SSSR count). The first-order valence-electron chi connectivity index (χ1n) is 6.49. The molecule has 19 heavy (non-hydrogen) atoms. The zero-order valence-corrected chi connectivity index (χ0v) is 12.1. The van der Waals surface area contributed by atoms with E-state index in [0.717, 1.165) is 19.3 Å². The van der Waals surface area contributed by atoms with E-state index in [9.17, 15) is 9.59 Å². The highest BCUT2D eigenvalue weighted by molar-refractivity contribution is 7.99. The number of thioether (sulfide) groups is 1. The Balaban J connectivity index is 2.58. The van der Waals surface area contributed by atoms with Gasteiger partial charge in [0.15, 0.2) is 0 Å². The van der Waals surface area contributed by atoms with Crippen molar-refractivity contribution < 1.29 is 14.7 Å². The molecule has 2 unspecified atom stereocenters. The van der Waals surface area contributed by atoms with Gasteiger partial charge in [0.2, 0.25) is 0 Å². The highest BCUT2D eigenvalue weighted by Crippen LogP contribution is 2.27. The number of carbonyl (C=O) groups excluding carboxylic acids is 1. The van der Waals surface area contributed by atoms with Gasteiger partial charge in [-0.2, -0.15) is 11.8 Å². The predicted octanol–water partition coefficient (Wildman–Crippen LogP) is 1.94. The molecule has 0 aliphatic heterocycles. The second kappa shape index (κ2) is 8.09. The Morgan fingerprint density at radius 3 is 2.74 bits per heavy atom. The Labute approximate surface area is 118 Å². The number of aliphatic carboxylic acids is 1. The van der Waals surface area contributed by atoms with Crippen LogP contribution in [0.3, 0.4) is 0 Å². The summed E-state index contributed by atoms with van der Waals surface area (Å²) in [6, 6.07) is -0.175. The Bertz CT molecular complexity index is 336. The van der Waals surface area contributed by atoms with Gasteiger partial charge >= 0.3 is 12.0 Å². The van der Waals surface area contributed by atoms with Gasteiger partial charge in [-0.1, -0.05) is 18.9 Å². The van der Waals surface area contributed by atoms with Gasteiger partial charge < -0.3 is 15.3 Å². The van der Waals surface area contributed by atoms with Gasteiger partial charge in [0.05, 0.1) is 0 Å². The van der Waals surface area contributed by atoms with Crippen LogP contribution in [-0.2, 0) is 4.79 Å². The van der Waals surface area contributed by atoms with E-state index in [0.29, 0.717) is 5.25 Å². The van der Waals surface area contributed by atoms with Gasteiger partial charge in [0.1, 0.15) is 6.54 Å². The SMILES string of the molecule is C=CCN(CC(=O)O)C(=O)NC1CCCCC1SC. The van der Waals surface area contributed by atoms with E-state index in [2.05, 4.69) is 11.9 Å². The van der Waals surface area contributed by atoms with Crippen molar-refractivity contribution in [3.8, 4) is 0 Å². The highest BCUT2D eigenvalue weighted by Gasteiger charge is 2.27. The van der Waals surface area contributed by atoms with Crippen molar-refractivity contribution in [1.82, 2.24) is 10.2 Å². The molecule has 0 aromatic carbocycles. The third-order valence-electron chi connectivity index (χ3n) is 3.28. The normalized spacial score (nSPS) is 22.6. The van der Waals surface area contributed by atoms with Crippen LogP contribution < -0.4 is 5.32 Å². The number of hydrogen-bond acceptors (Lipinski definition) is 3. The van der Waals surface area contributed by atoms with E-state index in [1.165, 1.54) is 17.4 Å². The summed E-state index contributed by atoms with van der Waals surface area (Å²) in [6.45, 7) is 3.50. The molecule has 2 atom stereocenters. The number of carboxylic acids is 1. The fourth-order valence-corrected chi connectivity index (χ4v) is 3.27. The smallest absolute Gasteiger partial charge is 0.323 e. The van der Waals surface area contributed by atoms with Crippen LogP contribution in [0.1, 0.15) is 25.7 Å². The zero-order valence-electron chi connectivity index (χ0n) is 11.3. The van der Waals surface area contributed by atoms with Crippen molar-refractivity contribution in [1.29, 1.82) is 0 Å². The minimum absolute atomic E-state index is 0.136. The van der Waals surface area contributed by atoms with Crippen molar-refractivity contribution in [2.24, 2.45) is 0 Å². The number of nitrogens with one attached hydrogen (secondary N) is 1. The molecule has 108 valence electrons. The number of hydrogen-bond donors (Lipinski definition) is 2. The van der Waals surface area contributed by atoms with Crippen LogP contribution in [0.15, 0.2) is 12.7 Å². The first-order valence-corrected chi connectivity index (χ1v) is 7.78. The molecular formula is C13H22N2O3S. The van der Waals surface area contributed by atoms with Crippen LogP contribution in [-0.4, -0.2) is 52.6 Å². The first kappa shape index (κ1) is 15.9. The minimum Gasteiger partial charge on any atom is -0.480 e. The summed E-state index contributed by atoms with van der Waals surface area (Å²) in [7, 11) is 0. The van der Waals surface area contributed by atoms with Gasteiger partial charge in [0, 0.05) is 17.8 Å². The Morgan fingerprint density at radius 1 is 1.47 bits per heavy atom. The van der Waals surface area contributed by atoms with E-state index in [-0.39, 0.29) is 25.2 Å². The molecule has 0 saturated heterocycles. The van der Waals surface area contributed by atoms with E-state index in [1.54, 1.807) is 11.8 Å². The molecule has 0 bridgehead atoms. The van der Waals surface area contributed by atoms with Gasteiger partial charge in [-0.3, -0.25) is 4.79 Å². The molecule has 0 aromatic heterocycles. The third kappa shape index (κ3) is 5.14. The number of rotatable bonds is 6. The molecule has 1 aliphatic rings. The number of carboxylic acid groups (broad SMARTS) is 1. The van der Waals surface area contributed by atoms with E-state index in [1.807, 2.05) is 6.26 Å². The van der Waals surface area contributed by atoms with Crippen LogP contribution in [0, 0.1) is 0 Å². The molecule has 1 aliphatic carbocycles. The van der Waals surface area contributed by atoms with Gasteiger partial charge in [0.25, 0.3) is 0 Å². The monoisotopic (exact) mass is 286 g/mol. The molecular weight excluding hydrogens is 264 g/mol. The topological polar surface area (TPSA) is 69.6 Å². The number of nitrogens with zero attached hydrogens (tertiary/aromatic N) is 1. The lowest BCUT2D eigenvalue weighted by molar-refractivity contribution is -0.137. The highest BCUT2D eigenvalue weighted by atomic mass is 32.2. The third-order valence-corrected chi connectivity index (χ3v) is 4.45. The summed E-state index contributed by atoms with van der Waals surface area (Å²) in [5, 5.41) is 12.2. The van der Waals surface area contributed by atoms with Crippen molar-refractivity contribution >= 4 is 23.8 Å². The minimum atomic E-state index is -1.01. The Kier molecular flexibility index (Phi) is 6.77. The van der Waals surface area contributed by atoms with Crippen molar-refractivity contribution in [3.05, 3.63) is 12.7 Å². The van der Waals surface area contributed by atoms with Crippen LogP contribution in [0.25, 0.3) is 0 Å². The zero-order chi connectivity index (χ0) is 14.3. The molecule has 1 saturated carbocycles. The standard InChI is InChI=1S/C13H22N2O3S/c1-3-8-15(9-12(16)17)13(18)14-10-6-4-5-7-11(10)19-2/h3,10-11H,1,4-9H2,2H3,(H,14,18)(H,16,17). The summed E-state index contributed by atoms with van der Waals surface area (Å²) in [6.07, 6.45) is 7.97. The second-order valence-electron chi connectivity index (χ2n) is 4.68. The summed E-state index contributed by atoms with van der Waals surface area (Å²) >= 11 is 1.77. The maximum absolute atomic E-state index is 12.1. The maximum Gasteiger partial charge on any atom is 0.323 e. The van der Waals surface area contributed by atoms with Crippen LogP contribution in [0.5, 0.6) is 0 Å². The molecule has 0 heterocycles. The van der Waals surface area contributed by atoms with Crippen LogP contribution in [0.2, 0.25) is 0 Å². The summed E-state index contributed by atoms with van der Waals surface area (Å²) in [5.74, 6) is -1.01. The van der Waals surface area contributed by atoms with Crippen molar-refractivity contribution in [2.75, 3.05) is 19.3 Å². The lowest BCUT2D eigenvalue weighted by Gasteiger charge is -2.32. The Hall–Kier alpha value is -1.17. The van der Waals surface area contributed by atoms with E-state index < -0.39 is 5.97 Å². The first-order chi connectivity index (χ1) is 9.08. The molecule has 6 heteroatoms. The molecule has 2 amide bonds. The quantitative estimate of drug-likeness (QED) is 0.732. The molecule has 5 nitrogen and oxygen atoms in total. The van der Waals surface area contributed by atoms with Gasteiger partial charge in [-0.05, 0) is 19.1 Å². The van der Waals surface area contributed by atoms with Crippen molar-refractivity contribution in [3.63, 3.8) is 0 Å². The summed E-state index contributed by atoms with van der Waals surface area (Å²) in [5.41, 5.74) is 0. The largest absolute Gasteiger partial charge is 0.480 e. The van der Waals surface area contributed by atoms with E-state index in [4.69, 9.17) is 5.11 Å². The van der Waals surface area contributed by atoms with Crippen LogP contribution in [0.4, 0.5) is 4.79 Å². The van der Waals surface area contributed by atoms with Crippen LogP contribution >= 0.6 is 11.8 Å². The number of carbonyl (C=O) groups is 2. The van der Waals surface area contributed by atoms with Gasteiger partial charge in [-0.15, -0.1) is 6.58 Å². The van der Waals surface area contributed by atoms with Crippen molar-refractivity contribution in [2.45, 2.75) is 37.0 Å². The van der Waals surface area contributed by atoms with E-state index >= 15 is 0 Å². The Morgan fingerprint density at radius 2 is 2.16 bits per heavy atom. The number of urea groups is 1. The fraction of sp³-hybridized carbons (Fsp3) is 0.692. The number of amides is 2. The molecule has 1 fully saturated rings. The average Bonchev–Trinajstić information content (AvgIpc) is 2.38. The van der Waals surface area contributed by atoms with Gasteiger partial charge in [-0.25, -0.2) is 4.79 Å². The lowest BCUT2D eigenvalue weighted by Crippen LogP contribution is -2.50. The fourth-order valence-electron chi connectivity index (χ4n) is 2.33. The molecule has 0 radical (unpaired) electrons. The predicted molar refractivity (Wildman–Crippen MR) is 77.5 cm³/mol. The molecule has 2 N–H and O–H groups in total. The molecule has 0 aromatic rings. The average molecular weight is 286 g/mol. The summed E-state index contributed by atoms with van der Waals surface area (Å²) in [4.78, 5) is 24.1. The lowest BCUT2D eigenvalue weighted by atomic mass is 9.95. The maximum atomic E-state index is 12.1.